The quantitative estimate of drug-likeness (QED) is 0.519. The maximum absolute atomic E-state index is 12.9. The van der Waals surface area contributed by atoms with E-state index in [1.165, 1.54) is 0 Å². The zero-order chi connectivity index (χ0) is 21.9. The van der Waals surface area contributed by atoms with Crippen molar-refractivity contribution < 1.29 is 19.1 Å². The minimum atomic E-state index is -0.395. The number of nitrogens with one attached hydrogen (secondary N) is 1. The van der Waals surface area contributed by atoms with Gasteiger partial charge in [-0.05, 0) is 24.3 Å². The molecule has 0 atom stereocenters. The molecule has 7 heteroatoms. The van der Waals surface area contributed by atoms with Crippen molar-refractivity contribution in [1.82, 2.24) is 14.5 Å². The summed E-state index contributed by atoms with van der Waals surface area (Å²) < 4.78 is 14.5. The molecular formula is C24H21N3O4. The van der Waals surface area contributed by atoms with Crippen LogP contribution in [0.25, 0.3) is 33.0 Å². The second-order valence-corrected chi connectivity index (χ2v) is 7.61. The van der Waals surface area contributed by atoms with Crippen molar-refractivity contribution in [2.45, 2.75) is 0 Å². The fourth-order valence-corrected chi connectivity index (χ4v) is 4.35. The molecule has 0 saturated carbocycles. The van der Waals surface area contributed by atoms with E-state index in [2.05, 4.69) is 5.32 Å². The monoisotopic (exact) mass is 415 g/mol. The molecule has 0 unspecified atom stereocenters. The second-order valence-electron chi connectivity index (χ2n) is 7.61. The lowest BCUT2D eigenvalue weighted by Crippen LogP contribution is -2.22. The highest BCUT2D eigenvalue weighted by Crippen LogP contribution is 2.39. The van der Waals surface area contributed by atoms with Crippen molar-refractivity contribution >= 4 is 44.8 Å². The number of carbonyl (C=O) groups is 2. The maximum Gasteiger partial charge on any atom is 0.259 e. The van der Waals surface area contributed by atoms with Crippen LogP contribution in [0.3, 0.4) is 0 Å². The summed E-state index contributed by atoms with van der Waals surface area (Å²) in [7, 11) is 7.04. The van der Waals surface area contributed by atoms with Crippen molar-refractivity contribution in [3.8, 4) is 11.5 Å². The van der Waals surface area contributed by atoms with Gasteiger partial charge in [0, 0.05) is 60.5 Å². The molecule has 4 aromatic rings. The van der Waals surface area contributed by atoms with Crippen LogP contribution in [0.4, 0.5) is 0 Å². The summed E-state index contributed by atoms with van der Waals surface area (Å²) in [6.07, 6.45) is 3.76. The number of benzene rings is 2. The Morgan fingerprint density at radius 3 is 1.52 bits per heavy atom. The van der Waals surface area contributed by atoms with Gasteiger partial charge >= 0.3 is 0 Å². The molecule has 0 spiro atoms. The van der Waals surface area contributed by atoms with Crippen LogP contribution in [-0.4, -0.2) is 35.2 Å². The first-order valence-electron chi connectivity index (χ1n) is 9.79. The third-order valence-electron chi connectivity index (χ3n) is 5.87. The Labute approximate surface area is 178 Å². The van der Waals surface area contributed by atoms with Crippen LogP contribution in [0, 0.1) is 0 Å². The van der Waals surface area contributed by atoms with Gasteiger partial charge in [-0.2, -0.15) is 0 Å². The van der Waals surface area contributed by atoms with Crippen molar-refractivity contribution in [3.63, 3.8) is 0 Å². The van der Waals surface area contributed by atoms with Crippen molar-refractivity contribution in [1.29, 1.82) is 0 Å². The van der Waals surface area contributed by atoms with E-state index in [4.69, 9.17) is 9.47 Å². The largest absolute Gasteiger partial charge is 0.497 e. The van der Waals surface area contributed by atoms with Gasteiger partial charge in [0.15, 0.2) is 0 Å². The van der Waals surface area contributed by atoms with Gasteiger partial charge < -0.3 is 18.6 Å². The lowest BCUT2D eigenvalue weighted by Gasteiger charge is -2.04. The highest BCUT2D eigenvalue weighted by molar-refractivity contribution is 6.50. The van der Waals surface area contributed by atoms with E-state index < -0.39 is 11.8 Å². The number of imide groups is 1. The van der Waals surface area contributed by atoms with Crippen molar-refractivity contribution in [2.75, 3.05) is 14.2 Å². The molecular weight excluding hydrogens is 394 g/mol. The van der Waals surface area contributed by atoms with Crippen LogP contribution >= 0.6 is 0 Å². The van der Waals surface area contributed by atoms with Crippen molar-refractivity contribution in [3.05, 3.63) is 59.9 Å². The molecule has 2 amide bonds. The topological polar surface area (TPSA) is 74.5 Å². The van der Waals surface area contributed by atoms with Crippen LogP contribution < -0.4 is 14.8 Å². The fourth-order valence-electron chi connectivity index (χ4n) is 4.35. The number of rotatable bonds is 4. The van der Waals surface area contributed by atoms with E-state index >= 15 is 0 Å². The number of aryl methyl sites for hydroxylation is 2. The lowest BCUT2D eigenvalue weighted by molar-refractivity contribution is -0.122. The van der Waals surface area contributed by atoms with Gasteiger partial charge in [0.2, 0.25) is 0 Å². The smallest absolute Gasteiger partial charge is 0.259 e. The predicted molar refractivity (Wildman–Crippen MR) is 119 cm³/mol. The zero-order valence-electron chi connectivity index (χ0n) is 17.6. The summed E-state index contributed by atoms with van der Waals surface area (Å²) in [4.78, 5) is 25.9. The average Bonchev–Trinajstić information content (AvgIpc) is 3.37. The summed E-state index contributed by atoms with van der Waals surface area (Å²) in [5.41, 5.74) is 4.01. The number of nitrogens with zero attached hydrogens (tertiary/aromatic N) is 2. The van der Waals surface area contributed by atoms with E-state index in [1.807, 2.05) is 72.0 Å². The number of hydrogen-bond acceptors (Lipinski definition) is 4. The summed E-state index contributed by atoms with van der Waals surface area (Å²) in [5, 5.41) is 4.24. The first-order chi connectivity index (χ1) is 14.9. The Kier molecular flexibility index (Phi) is 4.15. The maximum atomic E-state index is 12.9. The van der Waals surface area contributed by atoms with Crippen LogP contribution in [0.2, 0.25) is 0 Å². The molecule has 0 fully saturated rings. The minimum absolute atomic E-state index is 0.379. The van der Waals surface area contributed by atoms with E-state index in [0.29, 0.717) is 22.3 Å². The third kappa shape index (κ3) is 2.73. The molecule has 3 heterocycles. The molecule has 7 nitrogen and oxygen atoms in total. The van der Waals surface area contributed by atoms with E-state index in [9.17, 15) is 9.59 Å². The van der Waals surface area contributed by atoms with E-state index in [0.717, 1.165) is 33.3 Å². The molecule has 31 heavy (non-hydrogen) atoms. The summed E-state index contributed by atoms with van der Waals surface area (Å²) in [6, 6.07) is 11.4. The van der Waals surface area contributed by atoms with Crippen LogP contribution in [-0.2, 0) is 23.7 Å². The standard InChI is InChI=1S/C24H21N3O4/c1-26-11-17(15-7-5-13(30-3)9-19(15)26)21-22(24(29)25-23(21)28)18-12-27(2)20-10-14(31-4)6-8-16(18)20/h5-12H,1-4H3,(H,25,28,29). The minimum Gasteiger partial charge on any atom is -0.497 e. The molecule has 0 saturated heterocycles. The predicted octanol–water partition coefficient (Wildman–Crippen LogP) is 3.25. The normalized spacial score (nSPS) is 14.1. The molecule has 0 bridgehead atoms. The molecule has 156 valence electrons. The van der Waals surface area contributed by atoms with Crippen LogP contribution in [0.5, 0.6) is 11.5 Å². The zero-order valence-corrected chi connectivity index (χ0v) is 17.6. The molecule has 0 aliphatic carbocycles. The molecule has 1 aliphatic heterocycles. The Hall–Kier alpha value is -4.00. The number of hydrogen-bond donors (Lipinski definition) is 1. The average molecular weight is 415 g/mol. The third-order valence-corrected chi connectivity index (χ3v) is 5.87. The van der Waals surface area contributed by atoms with Crippen LogP contribution in [0.1, 0.15) is 11.1 Å². The first kappa shape index (κ1) is 19.0. The molecule has 5 rings (SSSR count). The summed E-state index contributed by atoms with van der Waals surface area (Å²) in [6.45, 7) is 0. The van der Waals surface area contributed by atoms with Gasteiger partial charge in [-0.15, -0.1) is 0 Å². The molecule has 0 radical (unpaired) electrons. The number of amides is 2. The van der Waals surface area contributed by atoms with Gasteiger partial charge in [0.1, 0.15) is 11.5 Å². The Bertz CT molecular complexity index is 1330. The molecule has 2 aromatic carbocycles. The number of ether oxygens (including phenoxy) is 2. The van der Waals surface area contributed by atoms with E-state index in [-0.39, 0.29) is 0 Å². The Balaban J connectivity index is 1.81. The number of aromatic nitrogens is 2. The molecule has 2 aromatic heterocycles. The van der Waals surface area contributed by atoms with E-state index in [1.54, 1.807) is 14.2 Å². The lowest BCUT2D eigenvalue weighted by atomic mass is 9.95. The van der Waals surface area contributed by atoms with Crippen LogP contribution in [0.15, 0.2) is 48.8 Å². The number of fused-ring (bicyclic) bond motifs is 2. The first-order valence-corrected chi connectivity index (χ1v) is 9.79. The number of methoxy groups -OCH3 is 2. The fraction of sp³-hybridized carbons (Fsp3) is 0.167. The Morgan fingerprint density at radius 1 is 0.710 bits per heavy atom. The second kappa shape index (κ2) is 6.77. The van der Waals surface area contributed by atoms with Gasteiger partial charge in [-0.1, -0.05) is 0 Å². The van der Waals surface area contributed by atoms with Gasteiger partial charge in [0.05, 0.1) is 36.4 Å². The van der Waals surface area contributed by atoms with Gasteiger partial charge in [0.25, 0.3) is 11.8 Å². The van der Waals surface area contributed by atoms with Crippen molar-refractivity contribution in [2.24, 2.45) is 14.1 Å². The summed E-state index contributed by atoms with van der Waals surface area (Å²) >= 11 is 0. The summed E-state index contributed by atoms with van der Waals surface area (Å²) in [5.74, 6) is 0.663. The Morgan fingerprint density at radius 2 is 1.13 bits per heavy atom. The number of carbonyl (C=O) groups excluding carboxylic acids is 2. The SMILES string of the molecule is COc1ccc2c(C3=C(c4cn(C)c5cc(OC)ccc45)C(=O)NC3=O)cn(C)c2c1. The van der Waals surface area contributed by atoms with Gasteiger partial charge in [-0.3, -0.25) is 14.9 Å². The van der Waals surface area contributed by atoms with Gasteiger partial charge in [-0.25, -0.2) is 0 Å². The highest BCUT2D eigenvalue weighted by Gasteiger charge is 2.35. The molecule has 1 aliphatic rings. The molecule has 1 N–H and O–H groups in total. The highest BCUT2D eigenvalue weighted by atomic mass is 16.5.